The number of quaternary nitrogens is 1. The number of Topliss-reactive ketones (excluding diaryl/α,β-unsaturated/α-hetero) is 1. The molecule has 0 fully saturated rings. The number of ketones is 1. The van der Waals surface area contributed by atoms with E-state index in [4.69, 9.17) is 0 Å². The molecule has 2 atom stereocenters. The molecule has 0 heterocycles. The summed E-state index contributed by atoms with van der Waals surface area (Å²) in [6.45, 7) is 2.61. The van der Waals surface area contributed by atoms with Gasteiger partial charge in [0.25, 0.3) is 5.91 Å². The Morgan fingerprint density at radius 1 is 1.00 bits per heavy atom. The van der Waals surface area contributed by atoms with Crippen molar-refractivity contribution in [3.8, 4) is 0 Å². The molecular formula is C22H30N3O2+. The van der Waals surface area contributed by atoms with Gasteiger partial charge in [0.15, 0.2) is 12.3 Å². The summed E-state index contributed by atoms with van der Waals surface area (Å²) in [5.41, 5.74) is 3.37. The molecule has 2 rings (SSSR count). The number of likely N-dealkylation sites (N-methyl/N-ethyl adjacent to an activating group) is 1. The number of rotatable bonds is 9. The Kier molecular flexibility index (Phi) is 7.55. The van der Waals surface area contributed by atoms with Crippen LogP contribution in [0.15, 0.2) is 54.6 Å². The largest absolute Gasteiger partial charge is 0.378 e. The Morgan fingerprint density at radius 3 is 2.19 bits per heavy atom. The van der Waals surface area contributed by atoms with E-state index in [-0.39, 0.29) is 11.7 Å². The summed E-state index contributed by atoms with van der Waals surface area (Å²) in [5.74, 6) is -0.127. The second-order valence-corrected chi connectivity index (χ2v) is 7.29. The number of amides is 1. The summed E-state index contributed by atoms with van der Waals surface area (Å²) in [7, 11) is 6.01. The van der Waals surface area contributed by atoms with Gasteiger partial charge in [-0.1, -0.05) is 42.5 Å². The number of carbonyl (C=O) groups excluding carboxylic acids is 2. The van der Waals surface area contributed by atoms with Crippen LogP contribution in [0.5, 0.6) is 0 Å². The van der Waals surface area contributed by atoms with Gasteiger partial charge in [0.1, 0.15) is 6.54 Å². The van der Waals surface area contributed by atoms with Crippen LogP contribution in [0.1, 0.15) is 18.1 Å². The Hall–Kier alpha value is -2.66. The van der Waals surface area contributed by atoms with Crippen molar-refractivity contribution in [1.82, 2.24) is 5.32 Å². The molecule has 5 nitrogen and oxygen atoms in total. The minimum atomic E-state index is -0.480. The maximum atomic E-state index is 12.4. The summed E-state index contributed by atoms with van der Waals surface area (Å²) in [5, 5.41) is 2.89. The first-order valence-corrected chi connectivity index (χ1v) is 9.26. The fourth-order valence-corrected chi connectivity index (χ4v) is 2.99. The van der Waals surface area contributed by atoms with E-state index in [1.807, 2.05) is 51.5 Å². The molecule has 2 aromatic carbocycles. The lowest BCUT2D eigenvalue weighted by Crippen LogP contribution is -3.09. The van der Waals surface area contributed by atoms with E-state index in [2.05, 4.69) is 34.5 Å². The standard InChI is InChI=1S/C22H29N3O2/c1-17(26)21(14-18-8-6-5-7-9-18)23-22(27)16-25(4)15-19-10-12-20(13-11-19)24(2)3/h5-13,21H,14-16H2,1-4H3,(H,23,27)/p+1/t21-/m0/s1. The van der Waals surface area contributed by atoms with Gasteiger partial charge in [0, 0.05) is 25.3 Å². The van der Waals surface area contributed by atoms with Gasteiger partial charge in [-0.05, 0) is 31.0 Å². The van der Waals surface area contributed by atoms with Crippen molar-refractivity contribution >= 4 is 17.4 Å². The summed E-state index contributed by atoms with van der Waals surface area (Å²) in [6, 6.07) is 17.6. The van der Waals surface area contributed by atoms with Gasteiger partial charge in [-0.15, -0.1) is 0 Å². The Bertz CT molecular complexity index is 742. The molecule has 2 N–H and O–H groups in total. The van der Waals surface area contributed by atoms with Gasteiger partial charge >= 0.3 is 0 Å². The van der Waals surface area contributed by atoms with Crippen LogP contribution in [-0.2, 0) is 22.6 Å². The highest BCUT2D eigenvalue weighted by Gasteiger charge is 2.19. The maximum absolute atomic E-state index is 12.4. The first kappa shape index (κ1) is 20.6. The highest BCUT2D eigenvalue weighted by atomic mass is 16.2. The second-order valence-electron chi connectivity index (χ2n) is 7.29. The molecule has 27 heavy (non-hydrogen) atoms. The molecule has 1 amide bonds. The van der Waals surface area contributed by atoms with Crippen LogP contribution in [0.3, 0.4) is 0 Å². The Balaban J connectivity index is 1.87. The monoisotopic (exact) mass is 368 g/mol. The van der Waals surface area contributed by atoms with Crippen molar-refractivity contribution in [3.05, 3.63) is 65.7 Å². The number of hydrogen-bond acceptors (Lipinski definition) is 3. The number of benzene rings is 2. The van der Waals surface area contributed by atoms with Crippen molar-refractivity contribution in [1.29, 1.82) is 0 Å². The SMILES string of the molecule is CC(=O)[C@H](Cc1ccccc1)NC(=O)C[NH+](C)Cc1ccc(N(C)C)cc1. The zero-order valence-corrected chi connectivity index (χ0v) is 16.7. The van der Waals surface area contributed by atoms with Gasteiger partial charge < -0.3 is 15.1 Å². The lowest BCUT2D eigenvalue weighted by molar-refractivity contribution is -0.885. The summed E-state index contributed by atoms with van der Waals surface area (Å²) < 4.78 is 0. The normalized spacial score (nSPS) is 12.9. The molecule has 0 bridgehead atoms. The molecule has 2 aromatic rings. The third-order valence-corrected chi connectivity index (χ3v) is 4.53. The van der Waals surface area contributed by atoms with Gasteiger partial charge in [-0.2, -0.15) is 0 Å². The molecule has 5 heteroatoms. The summed E-state index contributed by atoms with van der Waals surface area (Å²) in [4.78, 5) is 27.5. The minimum Gasteiger partial charge on any atom is -0.378 e. The molecule has 144 valence electrons. The topological polar surface area (TPSA) is 53.9 Å². The van der Waals surface area contributed by atoms with Gasteiger partial charge in [0.05, 0.1) is 13.1 Å². The smallest absolute Gasteiger partial charge is 0.275 e. The lowest BCUT2D eigenvalue weighted by atomic mass is 10.0. The average Bonchev–Trinajstić information content (AvgIpc) is 2.62. The van der Waals surface area contributed by atoms with Crippen LogP contribution in [-0.4, -0.2) is 45.4 Å². The zero-order valence-electron chi connectivity index (χ0n) is 16.7. The number of hydrogen-bond donors (Lipinski definition) is 2. The average molecular weight is 369 g/mol. The predicted molar refractivity (Wildman–Crippen MR) is 109 cm³/mol. The van der Waals surface area contributed by atoms with Crippen LogP contribution in [0, 0.1) is 0 Å². The molecule has 0 saturated heterocycles. The van der Waals surface area contributed by atoms with Crippen molar-refractivity contribution in [2.75, 3.05) is 32.6 Å². The first-order chi connectivity index (χ1) is 12.8. The quantitative estimate of drug-likeness (QED) is 0.697. The summed E-state index contributed by atoms with van der Waals surface area (Å²) >= 11 is 0. The van der Waals surface area contributed by atoms with E-state index in [1.54, 1.807) is 0 Å². The zero-order chi connectivity index (χ0) is 19.8. The third-order valence-electron chi connectivity index (χ3n) is 4.53. The van der Waals surface area contributed by atoms with Crippen LogP contribution in [0.2, 0.25) is 0 Å². The molecular weight excluding hydrogens is 338 g/mol. The number of nitrogens with zero attached hydrogens (tertiary/aromatic N) is 1. The predicted octanol–water partition coefficient (Wildman–Crippen LogP) is 1.08. The van der Waals surface area contributed by atoms with Gasteiger partial charge in [0.2, 0.25) is 0 Å². The fraction of sp³-hybridized carbons (Fsp3) is 0.364. The second kappa shape index (κ2) is 9.88. The van der Waals surface area contributed by atoms with Crippen LogP contribution < -0.4 is 15.1 Å². The fourth-order valence-electron chi connectivity index (χ4n) is 2.99. The van der Waals surface area contributed by atoms with Gasteiger partial charge in [-0.3, -0.25) is 9.59 Å². The lowest BCUT2D eigenvalue weighted by Gasteiger charge is -2.19. The van der Waals surface area contributed by atoms with Crippen molar-refractivity contribution < 1.29 is 14.5 Å². The Labute approximate surface area is 162 Å². The molecule has 0 aromatic heterocycles. The molecule has 1 unspecified atom stereocenters. The van der Waals surface area contributed by atoms with Crippen molar-refractivity contribution in [3.63, 3.8) is 0 Å². The maximum Gasteiger partial charge on any atom is 0.275 e. The highest BCUT2D eigenvalue weighted by molar-refractivity contribution is 5.88. The number of carbonyl (C=O) groups is 2. The van der Waals surface area contributed by atoms with Crippen LogP contribution >= 0.6 is 0 Å². The highest BCUT2D eigenvalue weighted by Crippen LogP contribution is 2.11. The van der Waals surface area contributed by atoms with Crippen LogP contribution in [0.4, 0.5) is 5.69 Å². The first-order valence-electron chi connectivity index (χ1n) is 9.26. The molecule has 0 spiro atoms. The van der Waals surface area contributed by atoms with Crippen LogP contribution in [0.25, 0.3) is 0 Å². The van der Waals surface area contributed by atoms with E-state index in [1.165, 1.54) is 12.5 Å². The van der Waals surface area contributed by atoms with Crippen molar-refractivity contribution in [2.45, 2.75) is 25.9 Å². The minimum absolute atomic E-state index is 0.0240. The van der Waals surface area contributed by atoms with E-state index in [0.29, 0.717) is 13.0 Å². The van der Waals surface area contributed by atoms with E-state index >= 15 is 0 Å². The molecule has 0 radical (unpaired) electrons. The van der Waals surface area contributed by atoms with E-state index in [0.717, 1.165) is 22.7 Å². The summed E-state index contributed by atoms with van der Waals surface area (Å²) in [6.07, 6.45) is 0.521. The van der Waals surface area contributed by atoms with Gasteiger partial charge in [-0.25, -0.2) is 0 Å². The van der Waals surface area contributed by atoms with E-state index < -0.39 is 6.04 Å². The Morgan fingerprint density at radius 2 is 1.63 bits per heavy atom. The number of anilines is 1. The number of nitrogens with one attached hydrogen (secondary N) is 2. The molecule has 0 aliphatic heterocycles. The molecule has 0 saturated carbocycles. The van der Waals surface area contributed by atoms with Crippen molar-refractivity contribution in [2.24, 2.45) is 0 Å². The third kappa shape index (κ3) is 6.87. The molecule has 0 aliphatic rings. The molecule has 0 aliphatic carbocycles. The van der Waals surface area contributed by atoms with E-state index in [9.17, 15) is 9.59 Å².